The van der Waals surface area contributed by atoms with Gasteiger partial charge in [0.15, 0.2) is 0 Å². The van der Waals surface area contributed by atoms with Crippen LogP contribution in [0.1, 0.15) is 16.0 Å². The Balaban J connectivity index is 1.52. The highest BCUT2D eigenvalue weighted by Crippen LogP contribution is 2.31. The van der Waals surface area contributed by atoms with Crippen molar-refractivity contribution in [3.05, 3.63) is 50.1 Å². The fourth-order valence-corrected chi connectivity index (χ4v) is 3.62. The lowest BCUT2D eigenvalue weighted by atomic mass is 10.1. The number of aryl methyl sites for hydroxylation is 1. The van der Waals surface area contributed by atoms with E-state index in [0.29, 0.717) is 0 Å². The van der Waals surface area contributed by atoms with Crippen molar-refractivity contribution in [3.63, 3.8) is 0 Å². The number of nitrogens with one attached hydrogen (secondary N) is 1. The number of ether oxygens (including phenoxy) is 1. The molecular weight excluding hydrogens is 322 g/mol. The third kappa shape index (κ3) is 3.02. The summed E-state index contributed by atoms with van der Waals surface area (Å²) < 4.78 is 7.05. The van der Waals surface area contributed by atoms with Crippen molar-refractivity contribution < 1.29 is 4.74 Å². The van der Waals surface area contributed by atoms with Gasteiger partial charge in [-0.15, -0.1) is 11.3 Å². The zero-order valence-corrected chi connectivity index (χ0v) is 13.2. The molecule has 1 aliphatic rings. The Kier molecular flexibility index (Phi) is 3.91. The highest BCUT2D eigenvalue weighted by atomic mass is 79.9. The smallest absolute Gasteiger partial charge is 0.123 e. The molecule has 1 N–H and O–H groups in total. The van der Waals surface area contributed by atoms with Crippen LogP contribution >= 0.6 is 27.3 Å². The minimum Gasteiger partial charge on any atom is -0.488 e. The Bertz CT molecular complexity index is 581. The van der Waals surface area contributed by atoms with E-state index in [0.717, 1.165) is 29.7 Å². The number of thiophene rings is 1. The summed E-state index contributed by atoms with van der Waals surface area (Å²) in [6.45, 7) is 3.99. The second kappa shape index (κ2) is 5.65. The van der Waals surface area contributed by atoms with E-state index in [-0.39, 0.29) is 6.10 Å². The van der Waals surface area contributed by atoms with Gasteiger partial charge in [0.05, 0.1) is 0 Å². The van der Waals surface area contributed by atoms with Crippen LogP contribution in [-0.2, 0) is 13.0 Å². The molecular formula is C15H16BrNOS. The molecule has 0 radical (unpaired) electrons. The molecule has 0 spiro atoms. The number of halogens is 1. The molecule has 19 heavy (non-hydrogen) atoms. The van der Waals surface area contributed by atoms with Crippen LogP contribution in [0, 0.1) is 6.92 Å². The van der Waals surface area contributed by atoms with Crippen LogP contribution in [0.4, 0.5) is 0 Å². The van der Waals surface area contributed by atoms with Gasteiger partial charge in [0.2, 0.25) is 0 Å². The average molecular weight is 338 g/mol. The second-order valence-electron chi connectivity index (χ2n) is 4.85. The fraction of sp³-hybridized carbons (Fsp3) is 0.333. The maximum absolute atomic E-state index is 5.93. The summed E-state index contributed by atoms with van der Waals surface area (Å²) in [5, 5.41) is 5.64. The number of rotatable bonds is 4. The lowest BCUT2D eigenvalue weighted by molar-refractivity contribution is 0.227. The van der Waals surface area contributed by atoms with Crippen molar-refractivity contribution in [2.24, 2.45) is 0 Å². The van der Waals surface area contributed by atoms with Gasteiger partial charge in [-0.1, -0.05) is 15.9 Å². The molecule has 1 aliphatic heterocycles. The molecule has 0 saturated carbocycles. The van der Waals surface area contributed by atoms with Gasteiger partial charge in [-0.25, -0.2) is 0 Å². The molecule has 0 bridgehead atoms. The first-order chi connectivity index (χ1) is 9.22. The molecule has 2 nitrogen and oxygen atoms in total. The molecule has 1 aromatic heterocycles. The van der Waals surface area contributed by atoms with E-state index < -0.39 is 0 Å². The quantitative estimate of drug-likeness (QED) is 0.913. The maximum Gasteiger partial charge on any atom is 0.123 e. The molecule has 0 amide bonds. The van der Waals surface area contributed by atoms with Gasteiger partial charge in [-0.2, -0.15) is 0 Å². The van der Waals surface area contributed by atoms with E-state index in [1.165, 1.54) is 16.0 Å². The van der Waals surface area contributed by atoms with Crippen molar-refractivity contribution in [3.8, 4) is 5.75 Å². The molecule has 0 aliphatic carbocycles. The molecule has 2 aromatic rings. The molecule has 4 heteroatoms. The van der Waals surface area contributed by atoms with Crippen LogP contribution in [0.15, 0.2) is 34.1 Å². The Morgan fingerprint density at radius 3 is 3.11 bits per heavy atom. The SMILES string of the molecule is Cc1ccsc1CNCC1Cc2cc(Br)ccc2O1. The maximum atomic E-state index is 5.93. The Morgan fingerprint density at radius 2 is 2.32 bits per heavy atom. The third-order valence-corrected chi connectivity index (χ3v) is 4.91. The van der Waals surface area contributed by atoms with Crippen LogP contribution in [-0.4, -0.2) is 12.6 Å². The Hall–Kier alpha value is -0.840. The number of hydrogen-bond acceptors (Lipinski definition) is 3. The van der Waals surface area contributed by atoms with Crippen molar-refractivity contribution in [1.29, 1.82) is 0 Å². The Morgan fingerprint density at radius 1 is 1.42 bits per heavy atom. The first-order valence-electron chi connectivity index (χ1n) is 6.41. The zero-order chi connectivity index (χ0) is 13.2. The van der Waals surface area contributed by atoms with E-state index >= 15 is 0 Å². The molecule has 0 fully saturated rings. The summed E-state index contributed by atoms with van der Waals surface area (Å²) in [4.78, 5) is 1.42. The molecule has 3 rings (SSSR count). The van der Waals surface area contributed by atoms with E-state index in [1.807, 2.05) is 23.5 Å². The number of fused-ring (bicyclic) bond motifs is 1. The van der Waals surface area contributed by atoms with Gasteiger partial charge < -0.3 is 10.1 Å². The van der Waals surface area contributed by atoms with Gasteiger partial charge in [-0.05, 0) is 47.7 Å². The first-order valence-corrected chi connectivity index (χ1v) is 8.08. The second-order valence-corrected chi connectivity index (χ2v) is 6.77. The molecule has 1 atom stereocenters. The predicted molar refractivity (Wildman–Crippen MR) is 83.0 cm³/mol. The van der Waals surface area contributed by atoms with Gasteiger partial charge in [-0.3, -0.25) is 0 Å². The van der Waals surface area contributed by atoms with E-state index in [4.69, 9.17) is 4.74 Å². The van der Waals surface area contributed by atoms with Crippen LogP contribution in [0.3, 0.4) is 0 Å². The molecule has 1 unspecified atom stereocenters. The van der Waals surface area contributed by atoms with Crippen molar-refractivity contribution in [2.45, 2.75) is 26.0 Å². The summed E-state index contributed by atoms with van der Waals surface area (Å²) >= 11 is 5.31. The molecule has 0 saturated heterocycles. The number of hydrogen-bond donors (Lipinski definition) is 1. The zero-order valence-electron chi connectivity index (χ0n) is 10.8. The van der Waals surface area contributed by atoms with Crippen LogP contribution in [0.2, 0.25) is 0 Å². The van der Waals surface area contributed by atoms with Gasteiger partial charge >= 0.3 is 0 Å². The molecule has 2 heterocycles. The normalized spacial score (nSPS) is 17.3. The summed E-state index contributed by atoms with van der Waals surface area (Å²) in [7, 11) is 0. The largest absolute Gasteiger partial charge is 0.488 e. The van der Waals surface area contributed by atoms with Crippen LogP contribution in [0.5, 0.6) is 5.75 Å². The summed E-state index contributed by atoms with van der Waals surface area (Å²) in [5.74, 6) is 1.03. The predicted octanol–water partition coefficient (Wildman–Crippen LogP) is 3.91. The minimum atomic E-state index is 0.254. The lowest BCUT2D eigenvalue weighted by Gasteiger charge is -2.11. The van der Waals surface area contributed by atoms with Crippen LogP contribution in [0.25, 0.3) is 0 Å². The third-order valence-electron chi connectivity index (χ3n) is 3.39. The fourth-order valence-electron chi connectivity index (χ4n) is 2.33. The summed E-state index contributed by atoms with van der Waals surface area (Å²) in [6, 6.07) is 8.40. The van der Waals surface area contributed by atoms with E-state index in [1.54, 1.807) is 0 Å². The molecule has 100 valence electrons. The van der Waals surface area contributed by atoms with Crippen molar-refractivity contribution in [1.82, 2.24) is 5.32 Å². The van der Waals surface area contributed by atoms with Crippen molar-refractivity contribution >= 4 is 27.3 Å². The van der Waals surface area contributed by atoms with Crippen molar-refractivity contribution in [2.75, 3.05) is 6.54 Å². The summed E-state index contributed by atoms with van der Waals surface area (Å²) in [5.41, 5.74) is 2.67. The number of benzene rings is 1. The van der Waals surface area contributed by atoms with Crippen LogP contribution < -0.4 is 10.1 Å². The summed E-state index contributed by atoms with van der Waals surface area (Å²) in [6.07, 6.45) is 1.25. The van der Waals surface area contributed by atoms with Gasteiger partial charge in [0.1, 0.15) is 11.9 Å². The standard InChI is InChI=1S/C15H16BrNOS/c1-10-4-5-19-15(10)9-17-8-13-7-11-6-12(16)2-3-14(11)18-13/h2-6,13,17H,7-9H2,1H3. The van der Waals surface area contributed by atoms with E-state index in [9.17, 15) is 0 Å². The first kappa shape index (κ1) is 13.2. The molecule has 1 aromatic carbocycles. The highest BCUT2D eigenvalue weighted by molar-refractivity contribution is 9.10. The van der Waals surface area contributed by atoms with Gasteiger partial charge in [0.25, 0.3) is 0 Å². The Labute approximate surface area is 125 Å². The topological polar surface area (TPSA) is 21.3 Å². The van der Waals surface area contributed by atoms with E-state index in [2.05, 4.69) is 45.7 Å². The average Bonchev–Trinajstić information content (AvgIpc) is 2.95. The monoisotopic (exact) mass is 337 g/mol. The minimum absolute atomic E-state index is 0.254. The highest BCUT2D eigenvalue weighted by Gasteiger charge is 2.22. The van der Waals surface area contributed by atoms with Gasteiger partial charge in [0, 0.05) is 28.9 Å². The lowest BCUT2D eigenvalue weighted by Crippen LogP contribution is -2.29.